The number of aliphatic imine (C=N–C) groups is 1. The van der Waals surface area contributed by atoms with Gasteiger partial charge in [-0.2, -0.15) is 5.26 Å². The standard InChI is InChI=1S/C15H15N3O3/c1-10-8-12(11-4-6-17-7-5-11)15(21-3,14(19)20-2)13(9-16)18-10/h4-8,13H,1-3H3. The molecule has 0 saturated heterocycles. The van der Waals surface area contributed by atoms with Crippen LogP contribution in [0.1, 0.15) is 12.5 Å². The highest BCUT2D eigenvalue weighted by atomic mass is 16.6. The predicted octanol–water partition coefficient (Wildman–Crippen LogP) is 1.39. The lowest BCUT2D eigenvalue weighted by Crippen LogP contribution is -2.53. The van der Waals surface area contributed by atoms with Crippen molar-refractivity contribution in [3.05, 3.63) is 36.2 Å². The molecule has 108 valence electrons. The van der Waals surface area contributed by atoms with E-state index < -0.39 is 17.6 Å². The summed E-state index contributed by atoms with van der Waals surface area (Å²) >= 11 is 0. The fraction of sp³-hybridized carbons (Fsp3) is 0.333. The molecule has 6 heteroatoms. The number of aromatic nitrogens is 1. The molecule has 2 heterocycles. The summed E-state index contributed by atoms with van der Waals surface area (Å²) < 4.78 is 10.3. The second kappa shape index (κ2) is 5.85. The van der Waals surface area contributed by atoms with Crippen LogP contribution >= 0.6 is 0 Å². The zero-order valence-corrected chi connectivity index (χ0v) is 12.0. The van der Waals surface area contributed by atoms with Crippen LogP contribution in [-0.4, -0.2) is 42.5 Å². The maximum absolute atomic E-state index is 12.4. The number of nitrogens with zero attached hydrogens (tertiary/aromatic N) is 3. The van der Waals surface area contributed by atoms with Crippen molar-refractivity contribution < 1.29 is 14.3 Å². The molecule has 2 atom stereocenters. The average Bonchev–Trinajstić information content (AvgIpc) is 2.54. The molecular weight excluding hydrogens is 270 g/mol. The Morgan fingerprint density at radius 2 is 2.05 bits per heavy atom. The molecule has 1 aromatic heterocycles. The summed E-state index contributed by atoms with van der Waals surface area (Å²) in [6.45, 7) is 1.77. The fourth-order valence-electron chi connectivity index (χ4n) is 2.42. The van der Waals surface area contributed by atoms with E-state index in [0.717, 1.165) is 5.56 Å². The third-order valence-electron chi connectivity index (χ3n) is 3.40. The monoisotopic (exact) mass is 285 g/mol. The second-order valence-corrected chi connectivity index (χ2v) is 4.53. The van der Waals surface area contributed by atoms with Gasteiger partial charge >= 0.3 is 5.97 Å². The van der Waals surface area contributed by atoms with Crippen LogP contribution in [0.5, 0.6) is 0 Å². The molecule has 21 heavy (non-hydrogen) atoms. The predicted molar refractivity (Wildman–Crippen MR) is 76.5 cm³/mol. The van der Waals surface area contributed by atoms with E-state index >= 15 is 0 Å². The number of dihydropyridines is 1. The molecule has 6 nitrogen and oxygen atoms in total. The van der Waals surface area contributed by atoms with Gasteiger partial charge < -0.3 is 9.47 Å². The van der Waals surface area contributed by atoms with Crippen LogP contribution in [0.2, 0.25) is 0 Å². The van der Waals surface area contributed by atoms with E-state index in [9.17, 15) is 10.1 Å². The zero-order chi connectivity index (χ0) is 15.5. The number of allylic oxidation sites excluding steroid dienone is 1. The van der Waals surface area contributed by atoms with Crippen LogP contribution in [0.25, 0.3) is 5.57 Å². The van der Waals surface area contributed by atoms with Crippen LogP contribution in [0.3, 0.4) is 0 Å². The Hall–Kier alpha value is -2.52. The molecule has 1 aliphatic heterocycles. The van der Waals surface area contributed by atoms with E-state index in [1.807, 2.05) is 6.07 Å². The number of rotatable bonds is 3. The number of esters is 1. The molecule has 1 aliphatic rings. The molecule has 0 aromatic carbocycles. The molecule has 0 N–H and O–H groups in total. The number of ether oxygens (including phenoxy) is 2. The van der Waals surface area contributed by atoms with Crippen molar-refractivity contribution >= 4 is 17.3 Å². The Morgan fingerprint density at radius 3 is 2.57 bits per heavy atom. The first-order valence-electron chi connectivity index (χ1n) is 6.30. The highest BCUT2D eigenvalue weighted by molar-refractivity contribution is 6.09. The summed E-state index contributed by atoms with van der Waals surface area (Å²) in [5.41, 5.74) is 0.333. The van der Waals surface area contributed by atoms with E-state index in [-0.39, 0.29) is 0 Å². The quantitative estimate of drug-likeness (QED) is 0.783. The first-order chi connectivity index (χ1) is 10.1. The van der Waals surface area contributed by atoms with Gasteiger partial charge in [0, 0.05) is 30.8 Å². The Kier molecular flexibility index (Phi) is 4.15. The van der Waals surface area contributed by atoms with Crippen LogP contribution < -0.4 is 0 Å². The third kappa shape index (κ3) is 2.32. The van der Waals surface area contributed by atoms with Gasteiger partial charge in [-0.05, 0) is 30.7 Å². The van der Waals surface area contributed by atoms with Crippen LogP contribution in [-0.2, 0) is 14.3 Å². The summed E-state index contributed by atoms with van der Waals surface area (Å²) in [6, 6.07) is 4.50. The third-order valence-corrected chi connectivity index (χ3v) is 3.40. The number of pyridine rings is 1. The summed E-state index contributed by atoms with van der Waals surface area (Å²) in [6.07, 6.45) is 4.94. The molecule has 0 aliphatic carbocycles. The van der Waals surface area contributed by atoms with Gasteiger partial charge in [-0.25, -0.2) is 4.79 Å². The fourth-order valence-corrected chi connectivity index (χ4v) is 2.42. The van der Waals surface area contributed by atoms with Crippen molar-refractivity contribution in [2.24, 2.45) is 4.99 Å². The smallest absolute Gasteiger partial charge is 0.346 e. The molecule has 2 unspecified atom stereocenters. The van der Waals surface area contributed by atoms with Crippen molar-refractivity contribution in [3.8, 4) is 6.07 Å². The van der Waals surface area contributed by atoms with E-state index in [1.165, 1.54) is 14.2 Å². The molecule has 0 fully saturated rings. The van der Waals surface area contributed by atoms with Gasteiger partial charge in [0.2, 0.25) is 5.60 Å². The Bertz CT molecular complexity index is 646. The average molecular weight is 285 g/mol. The van der Waals surface area contributed by atoms with Crippen molar-refractivity contribution in [3.63, 3.8) is 0 Å². The van der Waals surface area contributed by atoms with Gasteiger partial charge in [-0.3, -0.25) is 9.98 Å². The van der Waals surface area contributed by atoms with E-state index in [4.69, 9.17) is 9.47 Å². The van der Waals surface area contributed by atoms with Gasteiger partial charge in [0.15, 0.2) is 6.04 Å². The molecular formula is C15H15N3O3. The Labute approximate surface area is 122 Å². The van der Waals surface area contributed by atoms with Gasteiger partial charge in [0.1, 0.15) is 0 Å². The summed E-state index contributed by atoms with van der Waals surface area (Å²) in [4.78, 5) is 20.5. The minimum absolute atomic E-state index is 0.540. The minimum Gasteiger partial charge on any atom is -0.467 e. The van der Waals surface area contributed by atoms with Gasteiger partial charge in [0.05, 0.1) is 13.2 Å². The maximum Gasteiger partial charge on any atom is 0.346 e. The van der Waals surface area contributed by atoms with Crippen LogP contribution in [0.15, 0.2) is 35.6 Å². The highest BCUT2D eigenvalue weighted by Gasteiger charge is 2.53. The summed E-state index contributed by atoms with van der Waals surface area (Å²) in [5.74, 6) is -0.657. The topological polar surface area (TPSA) is 84.6 Å². The van der Waals surface area contributed by atoms with Crippen molar-refractivity contribution in [1.29, 1.82) is 5.26 Å². The van der Waals surface area contributed by atoms with Gasteiger partial charge in [0.25, 0.3) is 0 Å². The minimum atomic E-state index is -1.58. The van der Waals surface area contributed by atoms with Gasteiger partial charge in [-0.1, -0.05) is 0 Å². The van der Waals surface area contributed by atoms with E-state index in [1.54, 1.807) is 37.5 Å². The number of methoxy groups -OCH3 is 2. The van der Waals surface area contributed by atoms with E-state index in [2.05, 4.69) is 9.98 Å². The number of hydrogen-bond acceptors (Lipinski definition) is 6. The van der Waals surface area contributed by atoms with Crippen molar-refractivity contribution in [2.45, 2.75) is 18.6 Å². The maximum atomic E-state index is 12.4. The van der Waals surface area contributed by atoms with Gasteiger partial charge in [-0.15, -0.1) is 0 Å². The molecule has 0 bridgehead atoms. The zero-order valence-electron chi connectivity index (χ0n) is 12.0. The normalized spacial score (nSPS) is 24.6. The molecule has 0 radical (unpaired) electrons. The molecule has 0 amide bonds. The molecule has 1 aromatic rings. The van der Waals surface area contributed by atoms with E-state index in [0.29, 0.717) is 11.3 Å². The lowest BCUT2D eigenvalue weighted by atomic mass is 9.80. The molecule has 0 saturated carbocycles. The second-order valence-electron chi connectivity index (χ2n) is 4.53. The Morgan fingerprint density at radius 1 is 1.38 bits per heavy atom. The number of carbonyl (C=O) groups excluding carboxylic acids is 1. The molecule has 2 rings (SSSR count). The first kappa shape index (κ1) is 14.9. The number of carbonyl (C=O) groups is 1. The van der Waals surface area contributed by atoms with Crippen molar-refractivity contribution in [1.82, 2.24) is 4.98 Å². The number of nitriles is 1. The van der Waals surface area contributed by atoms with Crippen LogP contribution in [0.4, 0.5) is 0 Å². The SMILES string of the molecule is COC(=O)C1(OC)C(c2ccncc2)=CC(C)=NC1C#N. The largest absolute Gasteiger partial charge is 0.467 e. The lowest BCUT2D eigenvalue weighted by Gasteiger charge is -2.36. The number of hydrogen-bond donors (Lipinski definition) is 0. The molecule has 0 spiro atoms. The summed E-state index contributed by atoms with van der Waals surface area (Å²) in [7, 11) is 2.62. The van der Waals surface area contributed by atoms with Crippen LogP contribution in [0, 0.1) is 11.3 Å². The highest BCUT2D eigenvalue weighted by Crippen LogP contribution is 2.38. The Balaban J connectivity index is 2.70. The lowest BCUT2D eigenvalue weighted by molar-refractivity contribution is -0.159. The summed E-state index contributed by atoms with van der Waals surface area (Å²) in [5, 5.41) is 9.40. The van der Waals surface area contributed by atoms with Crippen molar-refractivity contribution in [2.75, 3.05) is 14.2 Å². The first-order valence-corrected chi connectivity index (χ1v) is 6.30.